The summed E-state index contributed by atoms with van der Waals surface area (Å²) >= 11 is 0. The molecule has 0 radical (unpaired) electrons. The van der Waals surface area contributed by atoms with Crippen molar-refractivity contribution in [3.63, 3.8) is 0 Å². The summed E-state index contributed by atoms with van der Waals surface area (Å²) in [5.41, 5.74) is 3.68. The van der Waals surface area contributed by atoms with E-state index in [9.17, 15) is 20.4 Å². The molecular formula is C18H20O4. The maximum atomic E-state index is 9.70. The molecule has 22 heavy (non-hydrogen) atoms. The molecule has 2 aromatic carbocycles. The van der Waals surface area contributed by atoms with Crippen molar-refractivity contribution >= 4 is 11.1 Å². The van der Waals surface area contributed by atoms with Crippen LogP contribution in [0.5, 0.6) is 23.0 Å². The molecule has 0 heterocycles. The van der Waals surface area contributed by atoms with Crippen LogP contribution in [0, 0.1) is 0 Å². The Kier molecular flexibility index (Phi) is 4.61. The van der Waals surface area contributed by atoms with E-state index in [-0.39, 0.29) is 23.0 Å². The second kappa shape index (κ2) is 6.43. The summed E-state index contributed by atoms with van der Waals surface area (Å²) in [6, 6.07) is 9.49. The van der Waals surface area contributed by atoms with Crippen LogP contribution in [0.25, 0.3) is 11.1 Å². The molecule has 2 rings (SSSR count). The predicted octanol–water partition coefficient (Wildman–Crippen LogP) is 4.24. The van der Waals surface area contributed by atoms with Crippen LogP contribution in [-0.2, 0) is 0 Å². The monoisotopic (exact) mass is 300 g/mol. The van der Waals surface area contributed by atoms with E-state index in [4.69, 9.17) is 0 Å². The fraction of sp³-hybridized carbons (Fsp3) is 0.222. The SMILES string of the molecule is CC/C(=C(/CC)c1ccc(O)c(O)c1)c1ccc(O)c(O)c1. The maximum Gasteiger partial charge on any atom is 0.157 e. The molecule has 0 aliphatic heterocycles. The van der Waals surface area contributed by atoms with Crippen LogP contribution in [0.4, 0.5) is 0 Å². The van der Waals surface area contributed by atoms with Crippen molar-refractivity contribution in [2.24, 2.45) is 0 Å². The van der Waals surface area contributed by atoms with E-state index in [1.807, 2.05) is 13.8 Å². The Morgan fingerprint density at radius 3 is 1.27 bits per heavy atom. The molecule has 4 N–H and O–H groups in total. The van der Waals surface area contributed by atoms with Gasteiger partial charge >= 0.3 is 0 Å². The number of aromatic hydroxyl groups is 4. The third-order valence-corrected chi connectivity index (χ3v) is 3.72. The van der Waals surface area contributed by atoms with Gasteiger partial charge < -0.3 is 20.4 Å². The zero-order valence-electron chi connectivity index (χ0n) is 12.7. The van der Waals surface area contributed by atoms with Crippen LogP contribution in [0.15, 0.2) is 36.4 Å². The third kappa shape index (κ3) is 3.01. The molecule has 0 amide bonds. The lowest BCUT2D eigenvalue weighted by Gasteiger charge is -2.15. The minimum atomic E-state index is -0.160. The topological polar surface area (TPSA) is 80.9 Å². The summed E-state index contributed by atoms with van der Waals surface area (Å²) in [4.78, 5) is 0. The molecule has 0 unspecified atom stereocenters. The molecule has 0 saturated heterocycles. The number of allylic oxidation sites excluding steroid dienone is 2. The normalized spacial score (nSPS) is 12.1. The number of rotatable bonds is 4. The highest BCUT2D eigenvalue weighted by Gasteiger charge is 2.12. The molecule has 0 saturated carbocycles. The standard InChI is InChI=1S/C18H20O4/c1-3-13(11-5-7-15(19)17(21)9-11)14(4-2)12-6-8-16(20)18(22)10-12/h5-10,19-22H,3-4H2,1-2H3/b14-13+. The Morgan fingerprint density at radius 1 is 0.636 bits per heavy atom. The van der Waals surface area contributed by atoms with Crippen molar-refractivity contribution in [1.82, 2.24) is 0 Å². The van der Waals surface area contributed by atoms with Gasteiger partial charge in [0.15, 0.2) is 23.0 Å². The van der Waals surface area contributed by atoms with Gasteiger partial charge in [0.1, 0.15) is 0 Å². The molecule has 4 nitrogen and oxygen atoms in total. The number of phenolic OH excluding ortho intramolecular Hbond substituents is 4. The molecular weight excluding hydrogens is 280 g/mol. The van der Waals surface area contributed by atoms with Crippen LogP contribution in [0.2, 0.25) is 0 Å². The number of phenols is 4. The van der Waals surface area contributed by atoms with Gasteiger partial charge in [-0.2, -0.15) is 0 Å². The third-order valence-electron chi connectivity index (χ3n) is 3.72. The number of benzene rings is 2. The predicted molar refractivity (Wildman–Crippen MR) is 86.9 cm³/mol. The van der Waals surface area contributed by atoms with Gasteiger partial charge in [0.05, 0.1) is 0 Å². The average Bonchev–Trinajstić information content (AvgIpc) is 2.50. The molecule has 2 aromatic rings. The van der Waals surface area contributed by atoms with Crippen LogP contribution < -0.4 is 0 Å². The summed E-state index contributed by atoms with van der Waals surface area (Å²) in [5.74, 6) is -0.626. The molecule has 0 aromatic heterocycles. The Bertz CT molecular complexity index is 656. The second-order valence-electron chi connectivity index (χ2n) is 5.07. The number of hydrogen-bond acceptors (Lipinski definition) is 4. The smallest absolute Gasteiger partial charge is 0.157 e. The van der Waals surface area contributed by atoms with Gasteiger partial charge in [0, 0.05) is 0 Å². The Balaban J connectivity index is 2.61. The zero-order valence-corrected chi connectivity index (χ0v) is 12.7. The summed E-state index contributed by atoms with van der Waals surface area (Å²) in [6.07, 6.45) is 1.46. The molecule has 0 aliphatic carbocycles. The summed E-state index contributed by atoms with van der Waals surface area (Å²) in [6.45, 7) is 4.02. The first-order chi connectivity index (χ1) is 10.5. The number of hydrogen-bond donors (Lipinski definition) is 4. The highest BCUT2D eigenvalue weighted by molar-refractivity contribution is 5.91. The van der Waals surface area contributed by atoms with Gasteiger partial charge in [-0.3, -0.25) is 0 Å². The van der Waals surface area contributed by atoms with Crippen molar-refractivity contribution in [3.8, 4) is 23.0 Å². The Labute approximate surface area is 129 Å². The van der Waals surface area contributed by atoms with Crippen LogP contribution in [0.3, 0.4) is 0 Å². The molecule has 0 fully saturated rings. The van der Waals surface area contributed by atoms with E-state index >= 15 is 0 Å². The molecule has 0 spiro atoms. The lowest BCUT2D eigenvalue weighted by Crippen LogP contribution is -1.92. The van der Waals surface area contributed by atoms with Crippen molar-refractivity contribution in [2.75, 3.05) is 0 Å². The lowest BCUT2D eigenvalue weighted by atomic mass is 9.91. The first-order valence-electron chi connectivity index (χ1n) is 7.24. The summed E-state index contributed by atoms with van der Waals surface area (Å²) in [5, 5.41) is 38.3. The fourth-order valence-corrected chi connectivity index (χ4v) is 2.61. The van der Waals surface area contributed by atoms with Gasteiger partial charge in [-0.05, 0) is 59.4 Å². The fourth-order valence-electron chi connectivity index (χ4n) is 2.61. The minimum Gasteiger partial charge on any atom is -0.504 e. The lowest BCUT2D eigenvalue weighted by molar-refractivity contribution is 0.403. The van der Waals surface area contributed by atoms with E-state index in [0.717, 1.165) is 35.1 Å². The Hall–Kier alpha value is -2.62. The average molecular weight is 300 g/mol. The minimum absolute atomic E-state index is 0.153. The zero-order chi connectivity index (χ0) is 16.3. The van der Waals surface area contributed by atoms with Crippen LogP contribution in [-0.4, -0.2) is 20.4 Å². The first kappa shape index (κ1) is 15.8. The maximum absolute atomic E-state index is 9.70. The Morgan fingerprint density at radius 2 is 1.00 bits per heavy atom. The van der Waals surface area contributed by atoms with Gasteiger partial charge in [0.25, 0.3) is 0 Å². The molecule has 116 valence electrons. The molecule has 4 heteroatoms. The van der Waals surface area contributed by atoms with Gasteiger partial charge in [-0.15, -0.1) is 0 Å². The molecule has 0 atom stereocenters. The van der Waals surface area contributed by atoms with E-state index < -0.39 is 0 Å². The summed E-state index contributed by atoms with van der Waals surface area (Å²) < 4.78 is 0. The van der Waals surface area contributed by atoms with Crippen molar-refractivity contribution in [2.45, 2.75) is 26.7 Å². The van der Waals surface area contributed by atoms with E-state index in [1.54, 1.807) is 12.1 Å². The van der Waals surface area contributed by atoms with Crippen LogP contribution in [0.1, 0.15) is 37.8 Å². The van der Waals surface area contributed by atoms with Gasteiger partial charge in [-0.25, -0.2) is 0 Å². The van der Waals surface area contributed by atoms with E-state index in [2.05, 4.69) is 0 Å². The van der Waals surface area contributed by atoms with E-state index in [0.29, 0.717) is 0 Å². The first-order valence-corrected chi connectivity index (χ1v) is 7.24. The highest BCUT2D eigenvalue weighted by Crippen LogP contribution is 2.37. The summed E-state index contributed by atoms with van der Waals surface area (Å²) in [7, 11) is 0. The molecule has 0 aliphatic rings. The molecule has 0 bridgehead atoms. The van der Waals surface area contributed by atoms with E-state index in [1.165, 1.54) is 24.3 Å². The van der Waals surface area contributed by atoms with Gasteiger partial charge in [0.2, 0.25) is 0 Å². The van der Waals surface area contributed by atoms with Crippen LogP contribution >= 0.6 is 0 Å². The quantitative estimate of drug-likeness (QED) is 0.503. The van der Waals surface area contributed by atoms with Gasteiger partial charge in [-0.1, -0.05) is 26.0 Å². The second-order valence-corrected chi connectivity index (χ2v) is 5.07. The van der Waals surface area contributed by atoms with Crippen molar-refractivity contribution < 1.29 is 20.4 Å². The van der Waals surface area contributed by atoms with Crippen molar-refractivity contribution in [1.29, 1.82) is 0 Å². The van der Waals surface area contributed by atoms with Crippen molar-refractivity contribution in [3.05, 3.63) is 47.5 Å². The largest absolute Gasteiger partial charge is 0.504 e. The highest BCUT2D eigenvalue weighted by atomic mass is 16.3.